The SMILES string of the molecule is COc1ccc(-c2onc(C)c2C)cc1S(=O)(=O)CCC(=O)N1c2ccccc2C[C@H]1C. The van der Waals surface area contributed by atoms with Crippen LogP contribution < -0.4 is 9.64 Å². The summed E-state index contributed by atoms with van der Waals surface area (Å²) in [4.78, 5) is 14.7. The first-order valence-electron chi connectivity index (χ1n) is 10.5. The molecule has 0 spiro atoms. The number of carbonyl (C=O) groups is 1. The predicted molar refractivity (Wildman–Crippen MR) is 122 cm³/mol. The number of hydrogen-bond acceptors (Lipinski definition) is 6. The minimum absolute atomic E-state index is 0.00173. The second-order valence-electron chi connectivity index (χ2n) is 8.10. The van der Waals surface area contributed by atoms with Gasteiger partial charge in [-0.1, -0.05) is 23.4 Å². The predicted octanol–water partition coefficient (Wildman–Crippen LogP) is 4.11. The zero-order valence-electron chi connectivity index (χ0n) is 18.6. The maximum atomic E-state index is 13.2. The zero-order chi connectivity index (χ0) is 23.0. The average Bonchev–Trinajstić information content (AvgIpc) is 3.29. The fourth-order valence-corrected chi connectivity index (χ4v) is 5.57. The maximum Gasteiger partial charge on any atom is 0.228 e. The largest absolute Gasteiger partial charge is 0.495 e. The summed E-state index contributed by atoms with van der Waals surface area (Å²) in [5, 5.41) is 3.95. The molecule has 1 atom stereocenters. The minimum Gasteiger partial charge on any atom is -0.495 e. The molecule has 8 heteroatoms. The molecule has 1 aliphatic rings. The summed E-state index contributed by atoms with van der Waals surface area (Å²) in [7, 11) is -2.37. The lowest BCUT2D eigenvalue weighted by atomic mass is 10.1. The van der Waals surface area contributed by atoms with Gasteiger partial charge in [0.05, 0.1) is 18.6 Å². The van der Waals surface area contributed by atoms with Crippen LogP contribution in [0.25, 0.3) is 11.3 Å². The average molecular weight is 455 g/mol. The number of methoxy groups -OCH3 is 1. The van der Waals surface area contributed by atoms with E-state index >= 15 is 0 Å². The Balaban J connectivity index is 1.59. The molecule has 1 aliphatic heterocycles. The number of benzene rings is 2. The third-order valence-electron chi connectivity index (χ3n) is 5.98. The van der Waals surface area contributed by atoms with Crippen LogP contribution in [0.2, 0.25) is 0 Å². The number of anilines is 1. The number of para-hydroxylation sites is 1. The molecule has 0 unspecified atom stereocenters. The monoisotopic (exact) mass is 454 g/mol. The van der Waals surface area contributed by atoms with E-state index in [-0.39, 0.29) is 34.8 Å². The van der Waals surface area contributed by atoms with Crippen molar-refractivity contribution in [3.05, 3.63) is 59.3 Å². The van der Waals surface area contributed by atoms with E-state index in [0.29, 0.717) is 11.3 Å². The van der Waals surface area contributed by atoms with Crippen LogP contribution in [0.15, 0.2) is 51.9 Å². The van der Waals surface area contributed by atoms with Crippen LogP contribution in [-0.2, 0) is 21.1 Å². The van der Waals surface area contributed by atoms with Gasteiger partial charge in [-0.25, -0.2) is 8.42 Å². The van der Waals surface area contributed by atoms with E-state index < -0.39 is 9.84 Å². The first-order valence-corrected chi connectivity index (χ1v) is 12.1. The first-order chi connectivity index (χ1) is 15.2. The number of rotatable bonds is 6. The highest BCUT2D eigenvalue weighted by atomic mass is 32.2. The number of ether oxygens (including phenoxy) is 1. The molecule has 168 valence electrons. The van der Waals surface area contributed by atoms with Gasteiger partial charge >= 0.3 is 0 Å². The van der Waals surface area contributed by atoms with Crippen molar-refractivity contribution in [2.45, 2.75) is 44.6 Å². The van der Waals surface area contributed by atoms with E-state index in [1.54, 1.807) is 17.0 Å². The summed E-state index contributed by atoms with van der Waals surface area (Å²) in [6.45, 7) is 5.67. The van der Waals surface area contributed by atoms with E-state index in [9.17, 15) is 13.2 Å². The lowest BCUT2D eigenvalue weighted by Gasteiger charge is -2.22. The van der Waals surface area contributed by atoms with Crippen LogP contribution in [0.1, 0.15) is 30.2 Å². The van der Waals surface area contributed by atoms with E-state index in [4.69, 9.17) is 9.26 Å². The molecule has 0 fully saturated rings. The highest BCUT2D eigenvalue weighted by Crippen LogP contribution is 2.34. The summed E-state index contributed by atoms with van der Waals surface area (Å²) in [5.74, 6) is 0.226. The molecular formula is C24H26N2O5S. The quantitative estimate of drug-likeness (QED) is 0.557. The van der Waals surface area contributed by atoms with Crippen molar-refractivity contribution >= 4 is 21.4 Å². The van der Waals surface area contributed by atoms with E-state index in [0.717, 1.165) is 28.9 Å². The van der Waals surface area contributed by atoms with Crippen LogP contribution in [0, 0.1) is 13.8 Å². The van der Waals surface area contributed by atoms with Gasteiger partial charge in [0.25, 0.3) is 0 Å². The van der Waals surface area contributed by atoms with E-state index in [1.165, 1.54) is 13.2 Å². The zero-order valence-corrected chi connectivity index (χ0v) is 19.4. The molecule has 0 radical (unpaired) electrons. The van der Waals surface area contributed by atoms with Gasteiger partial charge in [0, 0.05) is 29.3 Å². The number of fused-ring (bicyclic) bond motifs is 1. The molecule has 7 nitrogen and oxygen atoms in total. The Labute approximate surface area is 187 Å². The van der Waals surface area contributed by atoms with Crippen molar-refractivity contribution in [1.29, 1.82) is 0 Å². The van der Waals surface area contributed by atoms with Crippen molar-refractivity contribution in [2.75, 3.05) is 17.8 Å². The van der Waals surface area contributed by atoms with Crippen molar-refractivity contribution < 1.29 is 22.5 Å². The second kappa shape index (κ2) is 8.43. The summed E-state index contributed by atoms with van der Waals surface area (Å²) in [6.07, 6.45) is 0.648. The van der Waals surface area contributed by atoms with E-state index in [1.807, 2.05) is 45.0 Å². The molecule has 0 bridgehead atoms. The summed E-state index contributed by atoms with van der Waals surface area (Å²) in [6, 6.07) is 12.6. The van der Waals surface area contributed by atoms with Crippen molar-refractivity contribution in [3.8, 4) is 17.1 Å². The van der Waals surface area contributed by atoms with Gasteiger partial charge in [0.2, 0.25) is 5.91 Å². The Bertz CT molecular complexity index is 1280. The molecule has 0 aliphatic carbocycles. The Morgan fingerprint density at radius 1 is 1.22 bits per heavy atom. The molecule has 2 aromatic carbocycles. The number of aryl methyl sites for hydroxylation is 1. The molecule has 32 heavy (non-hydrogen) atoms. The highest BCUT2D eigenvalue weighted by Gasteiger charge is 2.32. The molecule has 0 N–H and O–H groups in total. The molecule has 1 aromatic heterocycles. The van der Waals surface area contributed by atoms with Crippen LogP contribution in [0.5, 0.6) is 5.75 Å². The third-order valence-corrected chi connectivity index (χ3v) is 7.71. The van der Waals surface area contributed by atoms with Crippen molar-refractivity contribution in [1.82, 2.24) is 5.16 Å². The van der Waals surface area contributed by atoms with Gasteiger partial charge in [-0.05, 0) is 57.0 Å². The number of amides is 1. The molecule has 2 heterocycles. The van der Waals surface area contributed by atoms with Gasteiger partial charge in [0.1, 0.15) is 10.6 Å². The molecule has 1 amide bonds. The van der Waals surface area contributed by atoms with Crippen LogP contribution in [0.4, 0.5) is 5.69 Å². The number of carbonyl (C=O) groups excluding carboxylic acids is 1. The lowest BCUT2D eigenvalue weighted by Crippen LogP contribution is -2.36. The van der Waals surface area contributed by atoms with Gasteiger partial charge in [-0.15, -0.1) is 0 Å². The first kappa shape index (κ1) is 22.1. The fourth-order valence-electron chi connectivity index (χ4n) is 4.14. The lowest BCUT2D eigenvalue weighted by molar-refractivity contribution is -0.118. The topological polar surface area (TPSA) is 89.7 Å². The van der Waals surface area contributed by atoms with Gasteiger partial charge in [0.15, 0.2) is 15.6 Å². The third kappa shape index (κ3) is 3.90. The number of sulfone groups is 1. The van der Waals surface area contributed by atoms with Crippen LogP contribution in [0.3, 0.4) is 0 Å². The summed E-state index contributed by atoms with van der Waals surface area (Å²) >= 11 is 0. The van der Waals surface area contributed by atoms with Gasteiger partial charge in [-0.2, -0.15) is 0 Å². The second-order valence-corrected chi connectivity index (χ2v) is 10.2. The summed E-state index contributed by atoms with van der Waals surface area (Å²) in [5.41, 5.74) is 4.14. The molecular weight excluding hydrogens is 428 g/mol. The molecule has 3 aromatic rings. The normalized spacial score (nSPS) is 15.6. The number of hydrogen-bond donors (Lipinski definition) is 0. The Morgan fingerprint density at radius 2 is 1.97 bits per heavy atom. The fraction of sp³-hybridized carbons (Fsp3) is 0.333. The van der Waals surface area contributed by atoms with E-state index in [2.05, 4.69) is 5.16 Å². The summed E-state index contributed by atoms with van der Waals surface area (Å²) < 4.78 is 37.2. The van der Waals surface area contributed by atoms with Crippen LogP contribution >= 0.6 is 0 Å². The van der Waals surface area contributed by atoms with Gasteiger partial charge < -0.3 is 14.2 Å². The smallest absolute Gasteiger partial charge is 0.228 e. The highest BCUT2D eigenvalue weighted by molar-refractivity contribution is 7.91. The van der Waals surface area contributed by atoms with Crippen LogP contribution in [-0.4, -0.2) is 38.4 Å². The van der Waals surface area contributed by atoms with Crippen molar-refractivity contribution in [2.24, 2.45) is 0 Å². The molecule has 4 rings (SSSR count). The number of aromatic nitrogens is 1. The number of nitrogens with zero attached hydrogens (tertiary/aromatic N) is 2. The maximum absolute atomic E-state index is 13.2. The Hall–Kier alpha value is -3.13. The van der Waals surface area contributed by atoms with Crippen molar-refractivity contribution in [3.63, 3.8) is 0 Å². The Morgan fingerprint density at radius 3 is 2.66 bits per heavy atom. The van der Waals surface area contributed by atoms with Gasteiger partial charge in [-0.3, -0.25) is 4.79 Å². The minimum atomic E-state index is -3.79. The molecule has 0 saturated heterocycles. The molecule has 0 saturated carbocycles. The standard InChI is InChI=1S/C24H26N2O5S/c1-15-13-18-7-5-6-8-20(18)26(15)23(27)11-12-32(28,29)22-14-19(9-10-21(22)30-4)24-16(2)17(3)25-31-24/h5-10,14-15H,11-13H2,1-4H3/t15-/m1/s1. The Kier molecular flexibility index (Phi) is 5.81.